The van der Waals surface area contributed by atoms with Gasteiger partial charge >= 0.3 is 6.09 Å². The van der Waals surface area contributed by atoms with Crippen LogP contribution in [0.1, 0.15) is 27.2 Å². The fourth-order valence-corrected chi connectivity index (χ4v) is 2.56. The summed E-state index contributed by atoms with van der Waals surface area (Å²) in [5, 5.41) is 13.0. The van der Waals surface area contributed by atoms with Crippen molar-refractivity contribution in [2.75, 3.05) is 18.0 Å². The van der Waals surface area contributed by atoms with Gasteiger partial charge in [-0.2, -0.15) is 0 Å². The van der Waals surface area contributed by atoms with E-state index in [2.05, 4.69) is 26.2 Å². The summed E-state index contributed by atoms with van der Waals surface area (Å²) in [7, 11) is 0. The van der Waals surface area contributed by atoms with Gasteiger partial charge in [-0.3, -0.25) is 0 Å². The van der Waals surface area contributed by atoms with E-state index in [-0.39, 0.29) is 6.04 Å². The number of piperidine rings is 1. The van der Waals surface area contributed by atoms with Crippen molar-refractivity contribution >= 4 is 27.8 Å². The number of nitrogens with one attached hydrogen (secondary N) is 1. The third-order valence-electron chi connectivity index (χ3n) is 3.32. The molecule has 0 bridgehead atoms. The number of aliphatic hydroxyl groups excluding tert-OH is 1. The second-order valence-electron chi connectivity index (χ2n) is 6.39. The van der Waals surface area contributed by atoms with Crippen LogP contribution < -0.4 is 10.2 Å². The molecule has 0 unspecified atom stereocenters. The number of β-amino-alcohol motifs (C(OH)–C–C–N with tert-alkyl or cyclic N) is 1. The molecular formula is C15H22BrN3O3. The molecule has 2 rings (SSSR count). The molecule has 0 spiro atoms. The third kappa shape index (κ3) is 4.84. The van der Waals surface area contributed by atoms with E-state index < -0.39 is 17.8 Å². The zero-order valence-corrected chi connectivity index (χ0v) is 14.6. The molecule has 1 aliphatic rings. The highest BCUT2D eigenvalue weighted by molar-refractivity contribution is 9.10. The number of pyridine rings is 1. The van der Waals surface area contributed by atoms with Crippen LogP contribution in [0.15, 0.2) is 22.8 Å². The topological polar surface area (TPSA) is 74.7 Å². The van der Waals surface area contributed by atoms with Crippen LogP contribution in [0.3, 0.4) is 0 Å². The Bertz CT molecular complexity index is 516. The van der Waals surface area contributed by atoms with Gasteiger partial charge in [0.25, 0.3) is 0 Å². The van der Waals surface area contributed by atoms with Crippen LogP contribution in [-0.4, -0.2) is 47.0 Å². The highest BCUT2D eigenvalue weighted by Gasteiger charge is 2.30. The van der Waals surface area contributed by atoms with Crippen molar-refractivity contribution < 1.29 is 14.6 Å². The Labute approximate surface area is 139 Å². The maximum Gasteiger partial charge on any atom is 0.407 e. The molecule has 6 nitrogen and oxygen atoms in total. The summed E-state index contributed by atoms with van der Waals surface area (Å²) < 4.78 is 6.14. The van der Waals surface area contributed by atoms with E-state index in [1.54, 1.807) is 6.20 Å². The highest BCUT2D eigenvalue weighted by atomic mass is 79.9. The molecule has 0 radical (unpaired) electrons. The number of carbonyl (C=O) groups is 1. The van der Waals surface area contributed by atoms with Gasteiger partial charge in [0, 0.05) is 23.8 Å². The van der Waals surface area contributed by atoms with Crippen molar-refractivity contribution in [3.63, 3.8) is 0 Å². The molecule has 0 saturated carbocycles. The summed E-state index contributed by atoms with van der Waals surface area (Å²) in [4.78, 5) is 18.1. The Hall–Kier alpha value is -1.34. The summed E-state index contributed by atoms with van der Waals surface area (Å²) in [6, 6.07) is 3.51. The first-order valence-electron chi connectivity index (χ1n) is 7.29. The first kappa shape index (κ1) is 17.0. The number of ether oxygens (including phenoxy) is 1. The number of nitrogens with zero attached hydrogens (tertiary/aromatic N) is 2. The van der Waals surface area contributed by atoms with Crippen LogP contribution >= 0.6 is 15.9 Å². The van der Waals surface area contributed by atoms with Gasteiger partial charge in [-0.25, -0.2) is 9.78 Å². The quantitative estimate of drug-likeness (QED) is 0.834. The summed E-state index contributed by atoms with van der Waals surface area (Å²) >= 11 is 3.35. The van der Waals surface area contributed by atoms with Gasteiger partial charge in [0.1, 0.15) is 11.4 Å². The number of alkyl carbamates (subject to hydrolysis) is 1. The number of hydrogen-bond acceptors (Lipinski definition) is 5. The molecule has 2 atom stereocenters. The van der Waals surface area contributed by atoms with E-state index in [0.29, 0.717) is 19.5 Å². The Morgan fingerprint density at radius 2 is 2.23 bits per heavy atom. The molecule has 7 heteroatoms. The Kier molecular flexibility index (Phi) is 5.28. The summed E-state index contributed by atoms with van der Waals surface area (Å²) in [6.07, 6.45) is 1.21. The minimum Gasteiger partial charge on any atom is -0.444 e. The molecule has 2 N–H and O–H groups in total. The number of aromatic nitrogens is 1. The van der Waals surface area contributed by atoms with Crippen molar-refractivity contribution in [1.82, 2.24) is 10.3 Å². The largest absolute Gasteiger partial charge is 0.444 e. The van der Waals surface area contributed by atoms with E-state index in [9.17, 15) is 9.90 Å². The summed E-state index contributed by atoms with van der Waals surface area (Å²) in [5.74, 6) is 0.818. The number of anilines is 1. The minimum absolute atomic E-state index is 0.304. The Balaban J connectivity index is 1.90. The molecule has 1 amide bonds. The van der Waals surface area contributed by atoms with Crippen LogP contribution in [0.4, 0.5) is 10.6 Å². The van der Waals surface area contributed by atoms with E-state index in [0.717, 1.165) is 10.3 Å². The van der Waals surface area contributed by atoms with Gasteiger partial charge in [-0.05, 0) is 55.3 Å². The first-order valence-corrected chi connectivity index (χ1v) is 8.08. The molecule has 1 saturated heterocycles. The number of halogens is 1. The lowest BCUT2D eigenvalue weighted by Gasteiger charge is -2.37. The molecule has 0 aromatic carbocycles. The Morgan fingerprint density at radius 1 is 1.50 bits per heavy atom. The summed E-state index contributed by atoms with van der Waals surface area (Å²) in [5.41, 5.74) is -0.545. The van der Waals surface area contributed by atoms with Gasteiger partial charge in [-0.1, -0.05) is 0 Å². The molecule has 1 aromatic heterocycles. The predicted molar refractivity (Wildman–Crippen MR) is 87.9 cm³/mol. The number of aliphatic hydroxyl groups is 1. The number of amides is 1. The van der Waals surface area contributed by atoms with Crippen molar-refractivity contribution in [3.8, 4) is 0 Å². The van der Waals surface area contributed by atoms with Crippen molar-refractivity contribution in [3.05, 3.63) is 22.8 Å². The third-order valence-corrected chi connectivity index (χ3v) is 3.79. The second kappa shape index (κ2) is 6.83. The normalized spacial score (nSPS) is 22.3. The van der Waals surface area contributed by atoms with E-state index in [4.69, 9.17) is 4.74 Å². The zero-order chi connectivity index (χ0) is 16.3. The lowest BCUT2D eigenvalue weighted by Crippen LogP contribution is -2.55. The molecule has 122 valence electrons. The van der Waals surface area contributed by atoms with Crippen LogP contribution in [-0.2, 0) is 4.74 Å². The van der Waals surface area contributed by atoms with Crippen molar-refractivity contribution in [1.29, 1.82) is 0 Å². The molecule has 2 heterocycles. The molecule has 22 heavy (non-hydrogen) atoms. The maximum atomic E-state index is 11.8. The minimum atomic E-state index is -0.660. The zero-order valence-electron chi connectivity index (χ0n) is 13.0. The average Bonchev–Trinajstić information content (AvgIpc) is 2.40. The fourth-order valence-electron chi connectivity index (χ4n) is 2.32. The van der Waals surface area contributed by atoms with Crippen molar-refractivity contribution in [2.45, 2.75) is 44.9 Å². The molecule has 1 aliphatic heterocycles. The lowest BCUT2D eigenvalue weighted by atomic mass is 10.0. The van der Waals surface area contributed by atoms with Gasteiger partial charge < -0.3 is 20.1 Å². The standard InChI is InChI=1S/C15H22BrN3O3/c1-15(2,3)22-14(21)18-11-6-7-19(9-12(11)20)13-5-4-10(16)8-17-13/h4-5,8,11-12,20H,6-7,9H2,1-3H3,(H,18,21)/t11-,12-/m0/s1. The molecular weight excluding hydrogens is 350 g/mol. The van der Waals surface area contributed by atoms with E-state index in [1.807, 2.05) is 37.8 Å². The number of hydrogen-bond donors (Lipinski definition) is 2. The molecule has 0 aliphatic carbocycles. The van der Waals surface area contributed by atoms with Gasteiger partial charge in [0.15, 0.2) is 0 Å². The van der Waals surface area contributed by atoms with Gasteiger partial charge in [-0.15, -0.1) is 0 Å². The van der Waals surface area contributed by atoms with Crippen molar-refractivity contribution in [2.24, 2.45) is 0 Å². The fraction of sp³-hybridized carbons (Fsp3) is 0.600. The highest BCUT2D eigenvalue weighted by Crippen LogP contribution is 2.20. The molecule has 1 aromatic rings. The summed E-state index contributed by atoms with van der Waals surface area (Å²) in [6.45, 7) is 6.57. The SMILES string of the molecule is CC(C)(C)OC(=O)N[C@H]1CCN(c2ccc(Br)cn2)C[C@@H]1O. The van der Waals surface area contributed by atoms with Gasteiger partial charge in [0.2, 0.25) is 0 Å². The second-order valence-corrected chi connectivity index (χ2v) is 7.31. The predicted octanol–water partition coefficient (Wildman–Crippen LogP) is 2.31. The number of carbonyl (C=O) groups excluding carboxylic acids is 1. The average molecular weight is 372 g/mol. The first-order chi connectivity index (χ1) is 10.2. The number of rotatable bonds is 2. The van der Waals surface area contributed by atoms with E-state index >= 15 is 0 Å². The Morgan fingerprint density at radius 3 is 2.77 bits per heavy atom. The van der Waals surface area contributed by atoms with Crippen LogP contribution in [0.5, 0.6) is 0 Å². The van der Waals surface area contributed by atoms with Crippen LogP contribution in [0, 0.1) is 0 Å². The lowest BCUT2D eigenvalue weighted by molar-refractivity contribution is 0.0402. The van der Waals surface area contributed by atoms with E-state index in [1.165, 1.54) is 0 Å². The smallest absolute Gasteiger partial charge is 0.407 e. The van der Waals surface area contributed by atoms with Crippen LogP contribution in [0.25, 0.3) is 0 Å². The van der Waals surface area contributed by atoms with Gasteiger partial charge in [0.05, 0.1) is 12.1 Å². The molecule has 1 fully saturated rings. The maximum absolute atomic E-state index is 11.8. The monoisotopic (exact) mass is 371 g/mol. The van der Waals surface area contributed by atoms with Crippen LogP contribution in [0.2, 0.25) is 0 Å².